The highest BCUT2D eigenvalue weighted by Crippen LogP contribution is 2.26. The average molecular weight is 379 g/mol. The average Bonchev–Trinajstić information content (AvgIpc) is 3.35. The van der Waals surface area contributed by atoms with Crippen molar-refractivity contribution in [2.75, 3.05) is 11.4 Å². The van der Waals surface area contributed by atoms with Crippen LogP contribution >= 0.6 is 0 Å². The summed E-state index contributed by atoms with van der Waals surface area (Å²) in [7, 11) is 0. The lowest BCUT2D eigenvalue weighted by atomic mass is 9.92. The van der Waals surface area contributed by atoms with E-state index in [-0.39, 0.29) is 17.0 Å². The van der Waals surface area contributed by atoms with Crippen LogP contribution in [0.15, 0.2) is 47.8 Å². The first kappa shape index (κ1) is 18.3. The molecule has 146 valence electrons. The van der Waals surface area contributed by atoms with Gasteiger partial charge in [-0.3, -0.25) is 9.36 Å². The minimum absolute atomic E-state index is 0.0269. The number of imidazole rings is 1. The number of anilines is 1. The van der Waals surface area contributed by atoms with Gasteiger partial charge >= 0.3 is 0 Å². The minimum atomic E-state index is -0.107. The van der Waals surface area contributed by atoms with Gasteiger partial charge in [-0.25, -0.2) is 9.67 Å². The molecule has 4 rings (SSSR count). The van der Waals surface area contributed by atoms with Crippen LogP contribution < -0.4 is 10.5 Å². The zero-order chi connectivity index (χ0) is 19.7. The summed E-state index contributed by atoms with van der Waals surface area (Å²) in [6, 6.07) is 7.51. The van der Waals surface area contributed by atoms with Crippen molar-refractivity contribution < 1.29 is 0 Å². The molecule has 8 heteroatoms. The van der Waals surface area contributed by atoms with Gasteiger partial charge < -0.3 is 4.90 Å². The van der Waals surface area contributed by atoms with Gasteiger partial charge in [0.15, 0.2) is 11.6 Å². The van der Waals surface area contributed by atoms with E-state index in [1.165, 1.54) is 4.68 Å². The Morgan fingerprint density at radius 2 is 1.93 bits per heavy atom. The van der Waals surface area contributed by atoms with Crippen molar-refractivity contribution in [2.24, 2.45) is 0 Å². The van der Waals surface area contributed by atoms with Crippen LogP contribution in [0.4, 0.5) is 5.82 Å². The fourth-order valence-electron chi connectivity index (χ4n) is 3.51. The predicted molar refractivity (Wildman–Crippen MR) is 107 cm³/mol. The number of rotatable bonds is 4. The molecule has 4 heterocycles. The molecule has 28 heavy (non-hydrogen) atoms. The zero-order valence-electron chi connectivity index (χ0n) is 16.5. The molecule has 0 amide bonds. The van der Waals surface area contributed by atoms with E-state index in [9.17, 15) is 4.79 Å². The van der Waals surface area contributed by atoms with Gasteiger partial charge in [0.2, 0.25) is 0 Å². The molecule has 0 saturated carbocycles. The van der Waals surface area contributed by atoms with E-state index in [1.807, 2.05) is 18.3 Å². The van der Waals surface area contributed by atoms with E-state index in [2.05, 4.69) is 46.0 Å². The number of hydrogen-bond acceptors (Lipinski definition) is 6. The van der Waals surface area contributed by atoms with Crippen molar-refractivity contribution in [1.82, 2.24) is 29.5 Å². The van der Waals surface area contributed by atoms with Crippen LogP contribution in [0.25, 0.3) is 5.82 Å². The van der Waals surface area contributed by atoms with Crippen molar-refractivity contribution in [3.8, 4) is 5.82 Å². The molecule has 0 spiro atoms. The van der Waals surface area contributed by atoms with Crippen LogP contribution in [-0.4, -0.2) is 42.1 Å². The Hall–Kier alpha value is -3.03. The SMILES string of the molecule is CC(C)(C)c1ccc(N2CCCC2Cn2nc(-n3ccnc3)ccc2=O)nn1. The van der Waals surface area contributed by atoms with Gasteiger partial charge in [-0.2, -0.15) is 10.2 Å². The normalized spacial score (nSPS) is 17.2. The Labute approximate surface area is 163 Å². The Bertz CT molecular complexity index is 987. The molecular weight excluding hydrogens is 354 g/mol. The van der Waals surface area contributed by atoms with Gasteiger partial charge in [-0.15, -0.1) is 5.10 Å². The van der Waals surface area contributed by atoms with Crippen LogP contribution in [0.2, 0.25) is 0 Å². The lowest BCUT2D eigenvalue weighted by molar-refractivity contribution is 0.483. The van der Waals surface area contributed by atoms with Gasteiger partial charge in [0, 0.05) is 30.4 Å². The summed E-state index contributed by atoms with van der Waals surface area (Å²) in [4.78, 5) is 18.6. The molecule has 1 atom stereocenters. The Morgan fingerprint density at radius 1 is 1.11 bits per heavy atom. The third kappa shape index (κ3) is 3.67. The predicted octanol–water partition coefficient (Wildman–Crippen LogP) is 2.19. The maximum Gasteiger partial charge on any atom is 0.266 e. The summed E-state index contributed by atoms with van der Waals surface area (Å²) in [6.07, 6.45) is 7.22. The van der Waals surface area contributed by atoms with E-state index < -0.39 is 0 Å². The van der Waals surface area contributed by atoms with Crippen molar-refractivity contribution in [2.45, 2.75) is 51.6 Å². The van der Waals surface area contributed by atoms with E-state index in [0.29, 0.717) is 12.4 Å². The first-order chi connectivity index (χ1) is 13.4. The topological polar surface area (TPSA) is 81.7 Å². The summed E-state index contributed by atoms with van der Waals surface area (Å²) in [5, 5.41) is 13.4. The second-order valence-corrected chi connectivity index (χ2v) is 8.20. The minimum Gasteiger partial charge on any atom is -0.350 e. The maximum atomic E-state index is 12.4. The Balaban J connectivity index is 1.56. The number of hydrogen-bond donors (Lipinski definition) is 0. The van der Waals surface area contributed by atoms with Crippen molar-refractivity contribution in [1.29, 1.82) is 0 Å². The second-order valence-electron chi connectivity index (χ2n) is 8.20. The zero-order valence-corrected chi connectivity index (χ0v) is 16.5. The van der Waals surface area contributed by atoms with Crippen LogP contribution in [0.3, 0.4) is 0 Å². The molecule has 0 N–H and O–H groups in total. The third-order valence-corrected chi connectivity index (χ3v) is 5.10. The van der Waals surface area contributed by atoms with Crippen LogP contribution in [0, 0.1) is 0 Å². The highest BCUT2D eigenvalue weighted by molar-refractivity contribution is 5.40. The van der Waals surface area contributed by atoms with Gasteiger partial charge in [-0.1, -0.05) is 20.8 Å². The molecule has 0 aliphatic carbocycles. The summed E-state index contributed by atoms with van der Waals surface area (Å²) in [6.45, 7) is 7.80. The highest BCUT2D eigenvalue weighted by atomic mass is 16.1. The van der Waals surface area contributed by atoms with Gasteiger partial charge in [0.1, 0.15) is 6.33 Å². The lowest BCUT2D eigenvalue weighted by Crippen LogP contribution is -2.37. The molecule has 3 aromatic rings. The number of aromatic nitrogens is 6. The fourth-order valence-corrected chi connectivity index (χ4v) is 3.51. The molecular formula is C20H25N7O. The monoisotopic (exact) mass is 379 g/mol. The summed E-state index contributed by atoms with van der Waals surface area (Å²) < 4.78 is 3.33. The third-order valence-electron chi connectivity index (χ3n) is 5.10. The van der Waals surface area contributed by atoms with Crippen molar-refractivity contribution >= 4 is 5.82 Å². The molecule has 1 aliphatic rings. The largest absolute Gasteiger partial charge is 0.350 e. The standard InChI is InChI=1S/C20H25N7O/c1-20(2,3)16-6-7-17(23-22-16)26-11-4-5-15(26)13-27-19(28)9-8-18(24-27)25-12-10-21-14-25/h6-10,12,14-15H,4-5,11,13H2,1-3H3. The molecule has 0 radical (unpaired) electrons. The van der Waals surface area contributed by atoms with Crippen LogP contribution in [-0.2, 0) is 12.0 Å². The number of nitrogens with zero attached hydrogens (tertiary/aromatic N) is 7. The van der Waals surface area contributed by atoms with E-state index in [0.717, 1.165) is 30.9 Å². The molecule has 3 aromatic heterocycles. The molecule has 1 aliphatic heterocycles. The molecule has 1 saturated heterocycles. The van der Waals surface area contributed by atoms with E-state index >= 15 is 0 Å². The molecule has 1 fully saturated rings. The van der Waals surface area contributed by atoms with Crippen molar-refractivity contribution in [3.63, 3.8) is 0 Å². The summed E-state index contributed by atoms with van der Waals surface area (Å²) in [5.74, 6) is 1.53. The van der Waals surface area contributed by atoms with E-state index in [4.69, 9.17) is 0 Å². The van der Waals surface area contributed by atoms with Crippen LogP contribution in [0.1, 0.15) is 39.3 Å². The smallest absolute Gasteiger partial charge is 0.266 e. The molecule has 1 unspecified atom stereocenters. The van der Waals surface area contributed by atoms with Crippen LogP contribution in [0.5, 0.6) is 0 Å². The first-order valence-electron chi connectivity index (χ1n) is 9.59. The van der Waals surface area contributed by atoms with Gasteiger partial charge in [0.05, 0.1) is 18.3 Å². The molecule has 0 aromatic carbocycles. The first-order valence-corrected chi connectivity index (χ1v) is 9.59. The molecule has 8 nitrogen and oxygen atoms in total. The highest BCUT2D eigenvalue weighted by Gasteiger charge is 2.27. The summed E-state index contributed by atoms with van der Waals surface area (Å²) >= 11 is 0. The lowest BCUT2D eigenvalue weighted by Gasteiger charge is -2.26. The maximum absolute atomic E-state index is 12.4. The Morgan fingerprint density at radius 3 is 2.61 bits per heavy atom. The summed E-state index contributed by atoms with van der Waals surface area (Å²) in [5.41, 5.74) is 0.837. The van der Waals surface area contributed by atoms with Gasteiger partial charge in [0.25, 0.3) is 5.56 Å². The van der Waals surface area contributed by atoms with Gasteiger partial charge in [-0.05, 0) is 31.0 Å². The Kier molecular flexibility index (Phi) is 4.70. The quantitative estimate of drug-likeness (QED) is 0.691. The fraction of sp³-hybridized carbons (Fsp3) is 0.450. The van der Waals surface area contributed by atoms with Crippen molar-refractivity contribution in [3.05, 3.63) is 59.0 Å². The second kappa shape index (κ2) is 7.18. The van der Waals surface area contributed by atoms with E-state index in [1.54, 1.807) is 29.2 Å². The molecule has 0 bridgehead atoms.